The Morgan fingerprint density at radius 2 is 2.13 bits per heavy atom. The van der Waals surface area contributed by atoms with E-state index in [1.807, 2.05) is 0 Å². The van der Waals surface area contributed by atoms with Gasteiger partial charge in [0.15, 0.2) is 5.58 Å². The number of hydrogen-bond acceptors (Lipinski definition) is 5. The average molecular weight is 316 g/mol. The third kappa shape index (κ3) is 3.13. The van der Waals surface area contributed by atoms with E-state index in [0.717, 1.165) is 0 Å². The van der Waals surface area contributed by atoms with Crippen LogP contribution in [0.25, 0.3) is 11.1 Å². The highest BCUT2D eigenvalue weighted by atomic mass is 16.5. The van der Waals surface area contributed by atoms with Crippen LogP contribution >= 0.6 is 0 Å². The molecule has 0 aliphatic rings. The largest absolute Gasteiger partial charge is 0.467 e. The molecule has 1 amide bonds. The number of nitrogens with zero attached hydrogens (tertiary/aromatic N) is 1. The fraction of sp³-hybridized carbons (Fsp3) is 0.250. The topological polar surface area (TPSA) is 86.6 Å². The summed E-state index contributed by atoms with van der Waals surface area (Å²) in [5.74, 6) is -0.0756. The van der Waals surface area contributed by atoms with Crippen LogP contribution in [0.4, 0.5) is 0 Å². The molecule has 3 aromatic heterocycles. The third-order valence-electron chi connectivity index (χ3n) is 3.35. The number of esters is 1. The SMILES string of the molecule is CCOC(=O)c1cc2occc2n1CC(=O)NCc1ccco1. The average Bonchev–Trinajstić information content (AvgIpc) is 3.24. The van der Waals surface area contributed by atoms with Gasteiger partial charge in [0.05, 0.1) is 31.2 Å². The van der Waals surface area contributed by atoms with E-state index in [1.165, 1.54) is 6.26 Å². The molecule has 0 spiro atoms. The Labute approximate surface area is 131 Å². The fourth-order valence-electron chi connectivity index (χ4n) is 2.32. The number of amides is 1. The Balaban J connectivity index is 1.77. The predicted octanol–water partition coefficient (Wildman–Crippen LogP) is 2.32. The van der Waals surface area contributed by atoms with Gasteiger partial charge in [-0.15, -0.1) is 0 Å². The molecular weight excluding hydrogens is 300 g/mol. The van der Waals surface area contributed by atoms with Crippen LogP contribution in [0.1, 0.15) is 23.2 Å². The summed E-state index contributed by atoms with van der Waals surface area (Å²) < 4.78 is 17.1. The van der Waals surface area contributed by atoms with Crippen LogP contribution in [-0.4, -0.2) is 23.1 Å². The van der Waals surface area contributed by atoms with E-state index in [9.17, 15) is 9.59 Å². The van der Waals surface area contributed by atoms with E-state index < -0.39 is 5.97 Å². The first-order chi connectivity index (χ1) is 11.2. The van der Waals surface area contributed by atoms with Gasteiger partial charge in [0.25, 0.3) is 0 Å². The second kappa shape index (κ2) is 6.43. The van der Waals surface area contributed by atoms with Gasteiger partial charge in [-0.2, -0.15) is 0 Å². The maximum atomic E-state index is 12.1. The van der Waals surface area contributed by atoms with Crippen LogP contribution in [-0.2, 0) is 22.6 Å². The van der Waals surface area contributed by atoms with Crippen molar-refractivity contribution < 1.29 is 23.2 Å². The minimum absolute atomic E-state index is 0.0160. The van der Waals surface area contributed by atoms with E-state index in [-0.39, 0.29) is 31.3 Å². The lowest BCUT2D eigenvalue weighted by atomic mass is 10.4. The summed E-state index contributed by atoms with van der Waals surface area (Å²) in [6, 6.07) is 6.81. The van der Waals surface area contributed by atoms with Crippen LogP contribution < -0.4 is 5.32 Å². The van der Waals surface area contributed by atoms with Crippen LogP contribution in [0.2, 0.25) is 0 Å². The first-order valence-electron chi connectivity index (χ1n) is 7.22. The summed E-state index contributed by atoms with van der Waals surface area (Å²) in [5.41, 5.74) is 1.49. The summed E-state index contributed by atoms with van der Waals surface area (Å²) in [7, 11) is 0. The lowest BCUT2D eigenvalue weighted by Crippen LogP contribution is -2.28. The van der Waals surface area contributed by atoms with Crippen molar-refractivity contribution in [2.45, 2.75) is 20.0 Å². The molecule has 0 fully saturated rings. The van der Waals surface area contributed by atoms with E-state index >= 15 is 0 Å². The molecule has 0 aliphatic carbocycles. The quantitative estimate of drug-likeness (QED) is 0.705. The third-order valence-corrected chi connectivity index (χ3v) is 3.35. The highest BCUT2D eigenvalue weighted by molar-refractivity contribution is 5.95. The van der Waals surface area contributed by atoms with Gasteiger partial charge in [0.2, 0.25) is 5.91 Å². The second-order valence-electron chi connectivity index (χ2n) is 4.86. The van der Waals surface area contributed by atoms with E-state index in [0.29, 0.717) is 16.9 Å². The monoisotopic (exact) mass is 316 g/mol. The number of nitrogens with one attached hydrogen (secondary N) is 1. The van der Waals surface area contributed by atoms with Crippen molar-refractivity contribution >= 4 is 23.0 Å². The maximum Gasteiger partial charge on any atom is 0.355 e. The van der Waals surface area contributed by atoms with Crippen molar-refractivity contribution in [2.24, 2.45) is 0 Å². The molecule has 0 radical (unpaired) electrons. The van der Waals surface area contributed by atoms with Gasteiger partial charge in [0, 0.05) is 12.1 Å². The molecule has 1 N–H and O–H groups in total. The highest BCUT2D eigenvalue weighted by Crippen LogP contribution is 2.21. The summed E-state index contributed by atoms with van der Waals surface area (Å²) >= 11 is 0. The van der Waals surface area contributed by atoms with E-state index in [4.69, 9.17) is 13.6 Å². The molecule has 0 bridgehead atoms. The minimum Gasteiger partial charge on any atom is -0.467 e. The molecule has 7 heteroatoms. The van der Waals surface area contributed by atoms with Gasteiger partial charge in [-0.05, 0) is 19.1 Å². The van der Waals surface area contributed by atoms with Crippen LogP contribution in [0.15, 0.2) is 45.6 Å². The van der Waals surface area contributed by atoms with Crippen LogP contribution in [0.3, 0.4) is 0 Å². The summed E-state index contributed by atoms with van der Waals surface area (Å²) in [6.45, 7) is 2.26. The molecule has 0 aromatic carbocycles. The number of rotatable bonds is 6. The molecule has 0 saturated carbocycles. The smallest absolute Gasteiger partial charge is 0.355 e. The molecule has 0 aliphatic heterocycles. The predicted molar refractivity (Wildman–Crippen MR) is 80.7 cm³/mol. The normalized spacial score (nSPS) is 10.8. The maximum absolute atomic E-state index is 12.1. The van der Waals surface area contributed by atoms with Crippen molar-refractivity contribution in [1.82, 2.24) is 9.88 Å². The van der Waals surface area contributed by atoms with Gasteiger partial charge in [-0.25, -0.2) is 4.79 Å². The van der Waals surface area contributed by atoms with Gasteiger partial charge >= 0.3 is 5.97 Å². The van der Waals surface area contributed by atoms with Gasteiger partial charge in [-0.1, -0.05) is 0 Å². The lowest BCUT2D eigenvalue weighted by molar-refractivity contribution is -0.121. The van der Waals surface area contributed by atoms with E-state index in [2.05, 4.69) is 5.32 Å². The molecule has 3 heterocycles. The van der Waals surface area contributed by atoms with Crippen molar-refractivity contribution in [2.75, 3.05) is 6.61 Å². The van der Waals surface area contributed by atoms with E-state index in [1.54, 1.807) is 42.0 Å². The Morgan fingerprint density at radius 1 is 1.26 bits per heavy atom. The number of carbonyl (C=O) groups excluding carboxylic acids is 2. The molecule has 3 aromatic rings. The molecule has 120 valence electrons. The summed E-state index contributed by atoms with van der Waals surface area (Å²) in [4.78, 5) is 24.2. The van der Waals surface area contributed by atoms with Gasteiger partial charge in [0.1, 0.15) is 18.0 Å². The summed E-state index contributed by atoms with van der Waals surface area (Å²) in [5, 5.41) is 2.74. The Morgan fingerprint density at radius 3 is 2.87 bits per heavy atom. The standard InChI is InChI=1S/C16H16N2O5/c1-2-21-16(20)13-8-14-12(5-7-23-14)18(13)10-15(19)17-9-11-4-3-6-22-11/h3-8H,2,9-10H2,1H3,(H,17,19). The van der Waals surface area contributed by atoms with Crippen molar-refractivity contribution in [1.29, 1.82) is 0 Å². The number of fused-ring (bicyclic) bond motifs is 1. The number of ether oxygens (including phenoxy) is 1. The first kappa shape index (κ1) is 15.0. The first-order valence-corrected chi connectivity index (χ1v) is 7.22. The zero-order valence-corrected chi connectivity index (χ0v) is 12.6. The Kier molecular flexibility index (Phi) is 4.18. The Hall–Kier alpha value is -2.96. The fourth-order valence-corrected chi connectivity index (χ4v) is 2.32. The zero-order chi connectivity index (χ0) is 16.2. The molecule has 0 unspecified atom stereocenters. The summed E-state index contributed by atoms with van der Waals surface area (Å²) in [6.07, 6.45) is 3.05. The van der Waals surface area contributed by atoms with Crippen LogP contribution in [0, 0.1) is 0 Å². The van der Waals surface area contributed by atoms with Gasteiger partial charge < -0.3 is 23.5 Å². The number of furan rings is 2. The molecule has 3 rings (SSSR count). The van der Waals surface area contributed by atoms with Crippen molar-refractivity contribution in [3.05, 3.63) is 48.2 Å². The zero-order valence-electron chi connectivity index (χ0n) is 12.6. The highest BCUT2D eigenvalue weighted by Gasteiger charge is 2.20. The van der Waals surface area contributed by atoms with Gasteiger partial charge in [-0.3, -0.25) is 4.79 Å². The lowest BCUT2D eigenvalue weighted by Gasteiger charge is -2.09. The molecule has 0 atom stereocenters. The van der Waals surface area contributed by atoms with Crippen molar-refractivity contribution in [3.8, 4) is 0 Å². The van der Waals surface area contributed by atoms with Crippen LogP contribution in [0.5, 0.6) is 0 Å². The number of carbonyl (C=O) groups is 2. The molecule has 23 heavy (non-hydrogen) atoms. The molecule has 0 saturated heterocycles. The molecular formula is C16H16N2O5. The minimum atomic E-state index is -0.488. The number of hydrogen-bond donors (Lipinski definition) is 1. The second-order valence-corrected chi connectivity index (χ2v) is 4.86. The Bertz CT molecular complexity index is 813. The molecule has 7 nitrogen and oxygen atoms in total. The number of aromatic nitrogens is 1. The van der Waals surface area contributed by atoms with Crippen molar-refractivity contribution in [3.63, 3.8) is 0 Å².